The molecule has 0 bridgehead atoms. The van der Waals surface area contributed by atoms with Gasteiger partial charge in [-0.25, -0.2) is 4.68 Å². The second kappa shape index (κ2) is 7.97. The van der Waals surface area contributed by atoms with Crippen molar-refractivity contribution in [3.63, 3.8) is 0 Å². The van der Waals surface area contributed by atoms with Crippen molar-refractivity contribution in [2.45, 2.75) is 32.6 Å². The molecule has 2 amide bonds. The molecule has 0 saturated heterocycles. The summed E-state index contributed by atoms with van der Waals surface area (Å²) in [6.07, 6.45) is 2.32. The number of amides is 2. The molecule has 0 radical (unpaired) electrons. The molecule has 7 heteroatoms. The number of nitrogens with zero attached hydrogens (tertiary/aromatic N) is 2. The van der Waals surface area contributed by atoms with Gasteiger partial charge in [-0.05, 0) is 30.5 Å². The molecule has 0 saturated carbocycles. The number of rotatable bonds is 7. The summed E-state index contributed by atoms with van der Waals surface area (Å²) in [6, 6.07) is 7.32. The summed E-state index contributed by atoms with van der Waals surface area (Å²) in [5.41, 5.74) is 7.22. The van der Waals surface area contributed by atoms with Crippen LogP contribution in [0, 0.1) is 0 Å². The van der Waals surface area contributed by atoms with Crippen molar-refractivity contribution in [2.75, 3.05) is 6.54 Å². The molecule has 24 heavy (non-hydrogen) atoms. The van der Waals surface area contributed by atoms with Gasteiger partial charge < -0.3 is 11.1 Å². The molecular formula is C17H21ClN4O2. The summed E-state index contributed by atoms with van der Waals surface area (Å²) in [7, 11) is 0. The molecule has 3 N–H and O–H groups in total. The van der Waals surface area contributed by atoms with Crippen molar-refractivity contribution in [1.29, 1.82) is 0 Å². The third-order valence-corrected chi connectivity index (χ3v) is 3.77. The van der Waals surface area contributed by atoms with Crippen LogP contribution in [0.15, 0.2) is 30.5 Å². The Bertz CT molecular complexity index is 740. The third kappa shape index (κ3) is 4.35. The maximum absolute atomic E-state index is 12.4. The quantitative estimate of drug-likeness (QED) is 0.754. The van der Waals surface area contributed by atoms with E-state index < -0.39 is 0 Å². The average molecular weight is 349 g/mol. The minimum atomic E-state index is -0.374. The van der Waals surface area contributed by atoms with Gasteiger partial charge in [-0.2, -0.15) is 5.10 Å². The predicted octanol–water partition coefficient (Wildman–Crippen LogP) is 2.64. The van der Waals surface area contributed by atoms with Crippen LogP contribution >= 0.6 is 11.6 Å². The van der Waals surface area contributed by atoms with Crippen LogP contribution in [-0.4, -0.2) is 28.1 Å². The van der Waals surface area contributed by atoms with E-state index in [1.807, 2.05) is 26.0 Å². The largest absolute Gasteiger partial charge is 0.370 e. The van der Waals surface area contributed by atoms with Crippen molar-refractivity contribution in [3.8, 4) is 5.69 Å². The smallest absolute Gasteiger partial charge is 0.254 e. The van der Waals surface area contributed by atoms with Gasteiger partial charge in [0.15, 0.2) is 0 Å². The predicted molar refractivity (Wildman–Crippen MR) is 93.4 cm³/mol. The maximum atomic E-state index is 12.4. The Kier molecular flexibility index (Phi) is 5.98. The Balaban J connectivity index is 2.22. The Morgan fingerprint density at radius 1 is 1.38 bits per heavy atom. The van der Waals surface area contributed by atoms with E-state index in [-0.39, 0.29) is 24.2 Å². The number of aromatic nitrogens is 2. The number of nitrogens with one attached hydrogen (secondary N) is 1. The van der Waals surface area contributed by atoms with E-state index in [1.165, 1.54) is 0 Å². The molecule has 0 aliphatic rings. The van der Waals surface area contributed by atoms with Crippen molar-refractivity contribution in [3.05, 3.63) is 46.7 Å². The summed E-state index contributed by atoms with van der Waals surface area (Å²) in [6.45, 7) is 4.39. The Hall–Kier alpha value is -2.34. The fraction of sp³-hybridized carbons (Fsp3) is 0.353. The summed E-state index contributed by atoms with van der Waals surface area (Å²) in [5, 5.41) is 7.76. The highest BCUT2D eigenvalue weighted by Gasteiger charge is 2.20. The number of carbonyl (C=O) groups is 2. The highest BCUT2D eigenvalue weighted by atomic mass is 35.5. The van der Waals surface area contributed by atoms with Gasteiger partial charge in [0.05, 0.1) is 23.1 Å². The second-order valence-electron chi connectivity index (χ2n) is 5.82. The number of benzene rings is 1. The van der Waals surface area contributed by atoms with Gasteiger partial charge >= 0.3 is 0 Å². The zero-order valence-corrected chi connectivity index (χ0v) is 14.5. The molecule has 0 aliphatic carbocycles. The van der Waals surface area contributed by atoms with Gasteiger partial charge in [-0.3, -0.25) is 9.59 Å². The summed E-state index contributed by atoms with van der Waals surface area (Å²) in [5.74, 6) is -0.491. The van der Waals surface area contributed by atoms with Crippen molar-refractivity contribution >= 4 is 23.4 Å². The lowest BCUT2D eigenvalue weighted by Gasteiger charge is -2.13. The van der Waals surface area contributed by atoms with Crippen LogP contribution < -0.4 is 11.1 Å². The van der Waals surface area contributed by atoms with Gasteiger partial charge in [-0.15, -0.1) is 0 Å². The lowest BCUT2D eigenvalue weighted by Crippen LogP contribution is -2.26. The number of halogens is 1. The highest BCUT2D eigenvalue weighted by Crippen LogP contribution is 2.24. The van der Waals surface area contributed by atoms with Crippen LogP contribution in [0.3, 0.4) is 0 Å². The third-order valence-electron chi connectivity index (χ3n) is 3.54. The van der Waals surface area contributed by atoms with Crippen molar-refractivity contribution in [2.24, 2.45) is 5.73 Å². The minimum absolute atomic E-state index is 0.0952. The first-order valence-corrected chi connectivity index (χ1v) is 8.18. The molecule has 6 nitrogen and oxygen atoms in total. The van der Waals surface area contributed by atoms with E-state index in [0.717, 1.165) is 11.4 Å². The lowest BCUT2D eigenvalue weighted by molar-refractivity contribution is -0.118. The topological polar surface area (TPSA) is 90.0 Å². The van der Waals surface area contributed by atoms with E-state index in [4.69, 9.17) is 17.3 Å². The fourth-order valence-corrected chi connectivity index (χ4v) is 2.65. The van der Waals surface area contributed by atoms with Crippen LogP contribution in [0.5, 0.6) is 0 Å². The molecule has 0 fully saturated rings. The highest BCUT2D eigenvalue weighted by molar-refractivity contribution is 6.30. The summed E-state index contributed by atoms with van der Waals surface area (Å²) >= 11 is 6.05. The van der Waals surface area contributed by atoms with E-state index in [9.17, 15) is 9.59 Å². The van der Waals surface area contributed by atoms with Crippen LogP contribution in [-0.2, 0) is 4.79 Å². The first-order valence-electron chi connectivity index (χ1n) is 7.80. The number of hydrogen-bond acceptors (Lipinski definition) is 3. The van der Waals surface area contributed by atoms with Crippen molar-refractivity contribution in [1.82, 2.24) is 15.1 Å². The number of nitrogens with two attached hydrogens (primary N) is 1. The van der Waals surface area contributed by atoms with Gasteiger partial charge in [-0.1, -0.05) is 31.5 Å². The summed E-state index contributed by atoms with van der Waals surface area (Å²) in [4.78, 5) is 23.2. The van der Waals surface area contributed by atoms with E-state index in [2.05, 4.69) is 10.4 Å². The first kappa shape index (κ1) is 18.0. The lowest BCUT2D eigenvalue weighted by atomic mass is 10.0. The minimum Gasteiger partial charge on any atom is -0.370 e. The van der Waals surface area contributed by atoms with Gasteiger partial charge in [0.25, 0.3) is 5.91 Å². The molecular weight excluding hydrogens is 328 g/mol. The maximum Gasteiger partial charge on any atom is 0.254 e. The zero-order chi connectivity index (χ0) is 17.7. The molecule has 0 atom stereocenters. The summed E-state index contributed by atoms with van der Waals surface area (Å²) < 4.78 is 1.73. The van der Waals surface area contributed by atoms with E-state index >= 15 is 0 Å². The van der Waals surface area contributed by atoms with Gasteiger partial charge in [0.2, 0.25) is 5.91 Å². The normalized spacial score (nSPS) is 10.8. The Labute approximate surface area is 146 Å². The second-order valence-corrected chi connectivity index (χ2v) is 6.25. The Morgan fingerprint density at radius 2 is 2.12 bits per heavy atom. The van der Waals surface area contributed by atoms with Crippen molar-refractivity contribution < 1.29 is 9.59 Å². The number of carbonyl (C=O) groups excluding carboxylic acids is 2. The van der Waals surface area contributed by atoms with E-state index in [1.54, 1.807) is 23.0 Å². The molecule has 0 aliphatic heterocycles. The monoisotopic (exact) mass is 348 g/mol. The number of hydrogen-bond donors (Lipinski definition) is 2. The zero-order valence-electron chi connectivity index (χ0n) is 13.8. The van der Waals surface area contributed by atoms with Crippen LogP contribution in [0.4, 0.5) is 0 Å². The standard InChI is InChI=1S/C17H21ClN4O2/c1-11(2)16-14(17(24)20-8-4-7-15(19)23)10-21-22(16)13-6-3-5-12(18)9-13/h3,5-6,9-11H,4,7-8H2,1-2H3,(H2,19,23)(H,20,24). The molecule has 0 unspecified atom stereocenters. The molecule has 1 aromatic heterocycles. The molecule has 0 spiro atoms. The first-order chi connectivity index (χ1) is 11.4. The van der Waals surface area contributed by atoms with E-state index in [0.29, 0.717) is 23.6 Å². The molecule has 2 aromatic rings. The van der Waals surface area contributed by atoms with Gasteiger partial charge in [0.1, 0.15) is 0 Å². The average Bonchev–Trinajstić information content (AvgIpc) is 2.96. The molecule has 1 heterocycles. The molecule has 2 rings (SSSR count). The van der Waals surface area contributed by atoms with Crippen LogP contribution in [0.25, 0.3) is 5.69 Å². The molecule has 1 aromatic carbocycles. The van der Waals surface area contributed by atoms with Gasteiger partial charge in [0, 0.05) is 18.0 Å². The Morgan fingerprint density at radius 3 is 2.75 bits per heavy atom. The SMILES string of the molecule is CC(C)c1c(C(=O)NCCCC(N)=O)cnn1-c1cccc(Cl)c1. The fourth-order valence-electron chi connectivity index (χ4n) is 2.46. The van der Waals surface area contributed by atoms with Crippen LogP contribution in [0.1, 0.15) is 48.7 Å². The molecule has 128 valence electrons. The van der Waals surface area contributed by atoms with Crippen LogP contribution in [0.2, 0.25) is 5.02 Å². The number of primary amides is 1.